The van der Waals surface area contributed by atoms with Crippen LogP contribution in [0.5, 0.6) is 0 Å². The molecule has 0 saturated carbocycles. The third kappa shape index (κ3) is 3.01. The van der Waals surface area contributed by atoms with E-state index in [0.717, 1.165) is 9.13 Å². The van der Waals surface area contributed by atoms with Crippen LogP contribution >= 0.6 is 0 Å². The van der Waals surface area contributed by atoms with Crippen molar-refractivity contribution in [3.05, 3.63) is 33.4 Å². The maximum absolute atomic E-state index is 11.8. The van der Waals surface area contributed by atoms with Crippen molar-refractivity contribution in [2.45, 2.75) is 30.5 Å². The van der Waals surface area contributed by atoms with Crippen molar-refractivity contribution in [1.82, 2.24) is 0 Å². The second kappa shape index (κ2) is 4.87. The average Bonchev–Trinajstić information content (AvgIpc) is 2.24. The van der Waals surface area contributed by atoms with E-state index in [-0.39, 0.29) is 0 Å². The Hall–Kier alpha value is -1.11. The number of halogens is 1. The molecule has 1 aromatic rings. The number of carbonyl (C=O) groups excluding carboxylic acids is 2. The van der Waals surface area contributed by atoms with Crippen molar-refractivity contribution in [1.29, 1.82) is 0 Å². The maximum atomic E-state index is 11.8. The van der Waals surface area contributed by atoms with Crippen LogP contribution in [0.1, 0.15) is 19.4 Å². The minimum atomic E-state index is -1.14. The van der Waals surface area contributed by atoms with Gasteiger partial charge in [-0.1, -0.05) is 0 Å². The second-order valence-electron chi connectivity index (χ2n) is 4.51. The van der Waals surface area contributed by atoms with Crippen LogP contribution < -0.4 is 21.2 Å². The van der Waals surface area contributed by atoms with Crippen LogP contribution in [0.3, 0.4) is 0 Å². The summed E-state index contributed by atoms with van der Waals surface area (Å²) in [7, 11) is 0. The number of benzene rings is 1. The van der Waals surface area contributed by atoms with Crippen LogP contribution in [0.4, 0.5) is 0 Å². The quantitative estimate of drug-likeness (QED) is 0.277. The van der Waals surface area contributed by atoms with Crippen LogP contribution in [-0.4, -0.2) is 21.7 Å². The van der Waals surface area contributed by atoms with E-state index in [9.17, 15) is 9.59 Å². The van der Waals surface area contributed by atoms with E-state index in [0.29, 0.717) is 0 Å². The summed E-state index contributed by atoms with van der Waals surface area (Å²) in [5.41, 5.74) is 1.15. The minimum absolute atomic E-state index is 0.468. The molecule has 4 nitrogen and oxygen atoms in total. The standard InChI is InChI=1S/C13H14IO4/c1-8-4-6-9(7-5-8)14-10-11(15)17-13(2,3)18-12(10)16/h4-7,10H,1-3H3/q-1. The number of carbonyl (C=O) groups is 2. The van der Waals surface area contributed by atoms with Crippen molar-refractivity contribution >= 4 is 11.9 Å². The van der Waals surface area contributed by atoms with E-state index >= 15 is 0 Å². The summed E-state index contributed by atoms with van der Waals surface area (Å²) in [5, 5.41) is 0. The molecule has 2 rings (SSSR count). The molecule has 98 valence electrons. The number of hydrogen-bond acceptors (Lipinski definition) is 4. The molecule has 0 aromatic heterocycles. The molecule has 1 aliphatic rings. The molecule has 0 aliphatic carbocycles. The van der Waals surface area contributed by atoms with E-state index < -0.39 is 42.9 Å². The Kier molecular flexibility index (Phi) is 3.61. The molecule has 0 amide bonds. The van der Waals surface area contributed by atoms with Crippen LogP contribution in [0.2, 0.25) is 0 Å². The molecular weight excluding hydrogens is 347 g/mol. The van der Waals surface area contributed by atoms with Crippen molar-refractivity contribution in [3.63, 3.8) is 0 Å². The Morgan fingerprint density at radius 3 is 2.06 bits per heavy atom. The molecular formula is C13H14IO4-. The Morgan fingerprint density at radius 1 is 1.06 bits per heavy atom. The number of cyclic esters (lactones) is 2. The van der Waals surface area contributed by atoms with Crippen LogP contribution in [0, 0.1) is 10.5 Å². The van der Waals surface area contributed by atoms with Crippen molar-refractivity contribution < 1.29 is 40.3 Å². The summed E-state index contributed by atoms with van der Waals surface area (Å²) in [4.78, 5) is 23.6. The normalized spacial score (nSPS) is 19.5. The third-order valence-corrected chi connectivity index (χ3v) is 5.43. The number of ether oxygens (including phenoxy) is 2. The molecule has 0 unspecified atom stereocenters. The molecule has 0 radical (unpaired) electrons. The van der Waals surface area contributed by atoms with Gasteiger partial charge in [-0.2, -0.15) is 0 Å². The van der Waals surface area contributed by atoms with E-state index in [4.69, 9.17) is 9.47 Å². The molecule has 0 spiro atoms. The monoisotopic (exact) mass is 361 g/mol. The SMILES string of the molecule is Cc1ccc([I-]C2C(=O)OC(C)(C)OC2=O)cc1. The Labute approximate surface area is 116 Å². The van der Waals surface area contributed by atoms with Gasteiger partial charge in [-0.05, 0) is 0 Å². The molecule has 1 heterocycles. The van der Waals surface area contributed by atoms with Crippen LogP contribution in [0.15, 0.2) is 24.3 Å². The van der Waals surface area contributed by atoms with Gasteiger partial charge in [0.15, 0.2) is 0 Å². The first-order chi connectivity index (χ1) is 8.37. The van der Waals surface area contributed by atoms with Gasteiger partial charge in [0, 0.05) is 0 Å². The molecule has 0 atom stereocenters. The predicted octanol–water partition coefficient (Wildman–Crippen LogP) is -1.54. The van der Waals surface area contributed by atoms with Gasteiger partial charge in [-0.25, -0.2) is 0 Å². The second-order valence-corrected chi connectivity index (χ2v) is 7.62. The molecule has 5 heteroatoms. The van der Waals surface area contributed by atoms with E-state index in [1.807, 2.05) is 31.2 Å². The summed E-state index contributed by atoms with van der Waals surface area (Å²) in [6.45, 7) is 5.11. The van der Waals surface area contributed by atoms with Gasteiger partial charge in [-0.3, -0.25) is 0 Å². The molecule has 1 fully saturated rings. The summed E-state index contributed by atoms with van der Waals surface area (Å²) in [5.74, 6) is -2.07. The first-order valence-electron chi connectivity index (χ1n) is 5.53. The van der Waals surface area contributed by atoms with Crippen LogP contribution in [0.25, 0.3) is 0 Å². The number of aryl methyl sites for hydroxylation is 1. The number of hydrogen-bond donors (Lipinski definition) is 0. The molecule has 0 N–H and O–H groups in total. The van der Waals surface area contributed by atoms with Crippen LogP contribution in [-0.2, 0) is 19.1 Å². The fraction of sp³-hybridized carbons (Fsp3) is 0.385. The zero-order valence-electron chi connectivity index (χ0n) is 10.4. The Balaban J connectivity index is 2.12. The van der Waals surface area contributed by atoms with Gasteiger partial charge in [0.25, 0.3) is 0 Å². The van der Waals surface area contributed by atoms with Gasteiger partial charge in [0.05, 0.1) is 0 Å². The summed E-state index contributed by atoms with van der Waals surface area (Å²) in [6.07, 6.45) is 0. The molecule has 18 heavy (non-hydrogen) atoms. The van der Waals surface area contributed by atoms with E-state index in [2.05, 4.69) is 0 Å². The molecule has 0 bridgehead atoms. The third-order valence-electron chi connectivity index (χ3n) is 2.35. The van der Waals surface area contributed by atoms with E-state index in [1.54, 1.807) is 13.8 Å². The van der Waals surface area contributed by atoms with Crippen molar-refractivity contribution in [2.24, 2.45) is 0 Å². The first-order valence-corrected chi connectivity index (χ1v) is 7.86. The van der Waals surface area contributed by atoms with Gasteiger partial charge in [-0.15, -0.1) is 0 Å². The zero-order chi connectivity index (χ0) is 13.3. The Bertz CT molecular complexity index is 458. The summed E-state index contributed by atoms with van der Waals surface area (Å²) >= 11 is -0.779. The first kappa shape index (κ1) is 13.3. The number of esters is 2. The van der Waals surface area contributed by atoms with E-state index in [1.165, 1.54) is 0 Å². The average molecular weight is 361 g/mol. The van der Waals surface area contributed by atoms with Crippen molar-refractivity contribution in [2.75, 3.05) is 0 Å². The predicted molar refractivity (Wildman–Crippen MR) is 59.9 cm³/mol. The fourth-order valence-corrected chi connectivity index (χ4v) is 3.78. The van der Waals surface area contributed by atoms with Crippen molar-refractivity contribution in [3.8, 4) is 0 Å². The van der Waals surface area contributed by atoms with Gasteiger partial charge < -0.3 is 0 Å². The molecule has 1 aliphatic heterocycles. The molecule has 1 saturated heterocycles. The number of rotatable bonds is 2. The van der Waals surface area contributed by atoms with Gasteiger partial charge in [0.1, 0.15) is 0 Å². The summed E-state index contributed by atoms with van der Waals surface area (Å²) in [6, 6.07) is 7.84. The Morgan fingerprint density at radius 2 is 1.56 bits per heavy atom. The topological polar surface area (TPSA) is 52.6 Å². The van der Waals surface area contributed by atoms with Gasteiger partial charge >= 0.3 is 116 Å². The zero-order valence-corrected chi connectivity index (χ0v) is 12.6. The molecule has 1 aromatic carbocycles. The number of alkyl halides is 1. The fourth-order valence-electron chi connectivity index (χ4n) is 1.53. The van der Waals surface area contributed by atoms with Gasteiger partial charge in [0.2, 0.25) is 0 Å². The summed E-state index contributed by atoms with van der Waals surface area (Å²) < 4.78 is 10.5.